The molecule has 0 spiro atoms. The average Bonchev–Trinajstić information content (AvgIpc) is 2.25. The molecule has 1 atom stereocenters. The minimum atomic E-state index is -0.260. The van der Waals surface area contributed by atoms with Crippen molar-refractivity contribution in [2.45, 2.75) is 39.7 Å². The Bertz CT molecular complexity index is 198. The molecular weight excluding hydrogens is 206 g/mol. The van der Waals surface area contributed by atoms with Crippen molar-refractivity contribution in [2.75, 3.05) is 19.7 Å². The van der Waals surface area contributed by atoms with Crippen LogP contribution in [0.2, 0.25) is 0 Å². The van der Waals surface area contributed by atoms with Crippen molar-refractivity contribution in [2.24, 2.45) is 11.8 Å². The zero-order chi connectivity index (χ0) is 12.6. The Kier molecular flexibility index (Phi) is 8.15. The number of carbonyl (C=O) groups is 1. The van der Waals surface area contributed by atoms with E-state index in [4.69, 9.17) is 10.9 Å². The van der Waals surface area contributed by atoms with Gasteiger partial charge in [0.05, 0.1) is 12.6 Å². The number of nitrogens with one attached hydrogen (secondary N) is 1. The number of amides is 1. The molecule has 5 nitrogen and oxygen atoms in total. The number of hydrogen-bond acceptors (Lipinski definition) is 4. The van der Waals surface area contributed by atoms with Crippen LogP contribution >= 0.6 is 0 Å². The molecule has 0 radical (unpaired) electrons. The number of nitrogens with zero attached hydrogens (tertiary/aromatic N) is 1. The Morgan fingerprint density at radius 2 is 2.06 bits per heavy atom. The van der Waals surface area contributed by atoms with E-state index in [1.54, 1.807) is 0 Å². The molecule has 0 bridgehead atoms. The molecule has 96 valence electrons. The van der Waals surface area contributed by atoms with E-state index in [-0.39, 0.29) is 24.5 Å². The maximum Gasteiger partial charge on any atom is 0.251 e. The van der Waals surface area contributed by atoms with Crippen LogP contribution in [0.3, 0.4) is 0 Å². The molecule has 0 aromatic heterocycles. The summed E-state index contributed by atoms with van der Waals surface area (Å²) in [5.74, 6) is 5.18. The lowest BCUT2D eigenvalue weighted by Crippen LogP contribution is -2.52. The topological polar surface area (TPSA) is 78.6 Å². The molecule has 0 rings (SSSR count). The highest BCUT2D eigenvalue weighted by atomic mass is 16.3. The smallest absolute Gasteiger partial charge is 0.251 e. The molecule has 0 aliphatic heterocycles. The molecule has 0 aromatic carbocycles. The van der Waals surface area contributed by atoms with Crippen molar-refractivity contribution in [3.63, 3.8) is 0 Å². The second-order valence-electron chi connectivity index (χ2n) is 4.31. The minimum absolute atomic E-state index is 0.0603. The summed E-state index contributed by atoms with van der Waals surface area (Å²) >= 11 is 0. The van der Waals surface area contributed by atoms with Gasteiger partial charge in [-0.15, -0.1) is 0 Å². The van der Waals surface area contributed by atoms with Gasteiger partial charge in [-0.3, -0.25) is 15.1 Å². The van der Waals surface area contributed by atoms with E-state index in [1.807, 2.05) is 18.7 Å². The van der Waals surface area contributed by atoms with Crippen LogP contribution in [-0.2, 0) is 4.79 Å². The second kappa shape index (κ2) is 8.50. The largest absolute Gasteiger partial charge is 0.395 e. The van der Waals surface area contributed by atoms with E-state index in [0.717, 1.165) is 19.4 Å². The summed E-state index contributed by atoms with van der Waals surface area (Å²) in [4.78, 5) is 13.7. The molecular formula is C11H25N3O2. The van der Waals surface area contributed by atoms with Gasteiger partial charge >= 0.3 is 0 Å². The van der Waals surface area contributed by atoms with E-state index < -0.39 is 0 Å². The number of carbonyl (C=O) groups excluding carboxylic acids is 1. The lowest BCUT2D eigenvalue weighted by Gasteiger charge is -2.32. The van der Waals surface area contributed by atoms with E-state index in [9.17, 15) is 4.79 Å². The number of aliphatic hydroxyl groups is 1. The van der Waals surface area contributed by atoms with Gasteiger partial charge in [-0.2, -0.15) is 0 Å². The van der Waals surface area contributed by atoms with Crippen LogP contribution in [0.4, 0.5) is 0 Å². The van der Waals surface area contributed by atoms with Gasteiger partial charge in [0.2, 0.25) is 0 Å². The molecule has 0 saturated carbocycles. The van der Waals surface area contributed by atoms with E-state index in [1.165, 1.54) is 0 Å². The lowest BCUT2D eigenvalue weighted by molar-refractivity contribution is -0.128. The minimum Gasteiger partial charge on any atom is -0.395 e. The predicted molar refractivity (Wildman–Crippen MR) is 64.5 cm³/mol. The molecule has 0 aliphatic carbocycles. The standard InChI is InChI=1S/C11H25N3O2/c1-4-5-6-14(7-8-15)10(9(2)3)11(16)13-12/h9-10,15H,4-8,12H2,1-3H3,(H,13,16). The van der Waals surface area contributed by atoms with Crippen LogP contribution in [-0.4, -0.2) is 41.7 Å². The normalized spacial score (nSPS) is 13.2. The zero-order valence-corrected chi connectivity index (χ0v) is 10.6. The summed E-state index contributed by atoms with van der Waals surface area (Å²) in [6.45, 7) is 7.45. The number of aliphatic hydroxyl groups excluding tert-OH is 1. The Hall–Kier alpha value is -0.650. The van der Waals surface area contributed by atoms with Crippen LogP contribution in [0.1, 0.15) is 33.6 Å². The van der Waals surface area contributed by atoms with Crippen molar-refractivity contribution in [1.82, 2.24) is 10.3 Å². The highest BCUT2D eigenvalue weighted by Crippen LogP contribution is 2.12. The third kappa shape index (κ3) is 4.92. The van der Waals surface area contributed by atoms with E-state index in [0.29, 0.717) is 6.54 Å². The number of nitrogens with two attached hydrogens (primary N) is 1. The van der Waals surface area contributed by atoms with Crippen molar-refractivity contribution >= 4 is 5.91 Å². The lowest BCUT2D eigenvalue weighted by atomic mass is 10.0. The van der Waals surface area contributed by atoms with Gasteiger partial charge in [0.1, 0.15) is 0 Å². The Balaban J connectivity index is 4.58. The van der Waals surface area contributed by atoms with Crippen LogP contribution < -0.4 is 11.3 Å². The molecule has 1 amide bonds. The van der Waals surface area contributed by atoms with Gasteiger partial charge in [-0.05, 0) is 18.9 Å². The fourth-order valence-corrected chi connectivity index (χ4v) is 1.86. The van der Waals surface area contributed by atoms with Crippen LogP contribution in [0, 0.1) is 5.92 Å². The maximum absolute atomic E-state index is 11.7. The first-order chi connectivity index (χ1) is 7.58. The van der Waals surface area contributed by atoms with Gasteiger partial charge in [0.15, 0.2) is 0 Å². The van der Waals surface area contributed by atoms with Gasteiger partial charge in [-0.25, -0.2) is 5.84 Å². The summed E-state index contributed by atoms with van der Waals surface area (Å²) < 4.78 is 0. The fraction of sp³-hybridized carbons (Fsp3) is 0.909. The summed E-state index contributed by atoms with van der Waals surface area (Å²) in [6, 6.07) is -0.260. The second-order valence-corrected chi connectivity index (χ2v) is 4.31. The Morgan fingerprint density at radius 3 is 2.44 bits per heavy atom. The van der Waals surface area contributed by atoms with Crippen LogP contribution in [0.15, 0.2) is 0 Å². The van der Waals surface area contributed by atoms with Crippen molar-refractivity contribution < 1.29 is 9.90 Å². The summed E-state index contributed by atoms with van der Waals surface area (Å²) in [6.07, 6.45) is 2.08. The first kappa shape index (κ1) is 15.3. The van der Waals surface area contributed by atoms with Gasteiger partial charge < -0.3 is 5.11 Å². The van der Waals surface area contributed by atoms with Crippen molar-refractivity contribution in [3.8, 4) is 0 Å². The summed E-state index contributed by atoms with van der Waals surface area (Å²) in [7, 11) is 0. The first-order valence-electron chi connectivity index (χ1n) is 5.93. The molecule has 4 N–H and O–H groups in total. The van der Waals surface area contributed by atoms with E-state index >= 15 is 0 Å². The predicted octanol–water partition coefficient (Wildman–Crippen LogP) is 0.0953. The third-order valence-electron chi connectivity index (χ3n) is 2.62. The first-order valence-corrected chi connectivity index (χ1v) is 5.93. The Morgan fingerprint density at radius 1 is 1.44 bits per heavy atom. The maximum atomic E-state index is 11.7. The highest BCUT2D eigenvalue weighted by molar-refractivity contribution is 5.81. The van der Waals surface area contributed by atoms with Crippen molar-refractivity contribution in [3.05, 3.63) is 0 Å². The summed E-state index contributed by atoms with van der Waals surface area (Å²) in [5, 5.41) is 9.02. The zero-order valence-electron chi connectivity index (χ0n) is 10.6. The molecule has 5 heteroatoms. The van der Waals surface area contributed by atoms with Gasteiger partial charge in [-0.1, -0.05) is 27.2 Å². The molecule has 0 saturated heterocycles. The SMILES string of the molecule is CCCCN(CCO)C(C(=O)NN)C(C)C. The quantitative estimate of drug-likeness (QED) is 0.314. The number of unbranched alkanes of at least 4 members (excludes halogenated alkanes) is 1. The summed E-state index contributed by atoms with van der Waals surface area (Å²) in [5.41, 5.74) is 2.20. The number of hydrazine groups is 1. The molecule has 0 aromatic rings. The third-order valence-corrected chi connectivity index (χ3v) is 2.62. The number of hydrogen-bond donors (Lipinski definition) is 3. The van der Waals surface area contributed by atoms with Gasteiger partial charge in [0, 0.05) is 6.54 Å². The molecule has 1 unspecified atom stereocenters. The van der Waals surface area contributed by atoms with Crippen LogP contribution in [0.25, 0.3) is 0 Å². The monoisotopic (exact) mass is 231 g/mol. The molecule has 0 aliphatic rings. The average molecular weight is 231 g/mol. The van der Waals surface area contributed by atoms with E-state index in [2.05, 4.69) is 12.3 Å². The van der Waals surface area contributed by atoms with Crippen LogP contribution in [0.5, 0.6) is 0 Å². The van der Waals surface area contributed by atoms with Crippen molar-refractivity contribution in [1.29, 1.82) is 0 Å². The number of rotatable bonds is 8. The Labute approximate surface area is 98.0 Å². The fourth-order valence-electron chi connectivity index (χ4n) is 1.86. The molecule has 0 heterocycles. The molecule has 0 fully saturated rings. The molecule has 16 heavy (non-hydrogen) atoms. The van der Waals surface area contributed by atoms with Gasteiger partial charge in [0.25, 0.3) is 5.91 Å². The highest BCUT2D eigenvalue weighted by Gasteiger charge is 2.27.